The number of hydrogen-bond donors (Lipinski definition) is 1. The van der Waals surface area contributed by atoms with E-state index in [1.165, 1.54) is 19.3 Å². The summed E-state index contributed by atoms with van der Waals surface area (Å²) in [5, 5.41) is 7.36. The number of nitrogens with one attached hydrogen (secondary N) is 1. The van der Waals surface area contributed by atoms with Crippen molar-refractivity contribution in [1.29, 1.82) is 0 Å². The number of nitrogens with zero attached hydrogens (tertiary/aromatic N) is 2. The molecule has 2 saturated heterocycles. The third kappa shape index (κ3) is 3.85. The number of piperazine rings is 1. The highest BCUT2D eigenvalue weighted by Gasteiger charge is 2.13. The van der Waals surface area contributed by atoms with Crippen molar-refractivity contribution in [3.63, 3.8) is 0 Å². The predicted molar refractivity (Wildman–Crippen MR) is 77.6 cm³/mol. The molecule has 1 aromatic rings. The van der Waals surface area contributed by atoms with Gasteiger partial charge in [0.15, 0.2) is 0 Å². The van der Waals surface area contributed by atoms with Gasteiger partial charge in [-0.25, -0.2) is 0 Å². The van der Waals surface area contributed by atoms with Gasteiger partial charge in [0.25, 0.3) is 0 Å². The minimum atomic E-state index is 0.873. The molecule has 2 heterocycles. The van der Waals surface area contributed by atoms with Gasteiger partial charge >= 0.3 is 0 Å². The maximum atomic E-state index is 5.85. The van der Waals surface area contributed by atoms with Crippen LogP contribution in [0.3, 0.4) is 0 Å². The van der Waals surface area contributed by atoms with E-state index in [2.05, 4.69) is 10.4 Å². The SMILES string of the molecule is c1cc(ON2CCNCC2)ccc1ON1CCCCC1. The summed E-state index contributed by atoms with van der Waals surface area (Å²) in [6.07, 6.45) is 3.77. The quantitative estimate of drug-likeness (QED) is 0.906. The van der Waals surface area contributed by atoms with Crippen LogP contribution in [-0.4, -0.2) is 49.4 Å². The van der Waals surface area contributed by atoms with E-state index in [-0.39, 0.29) is 0 Å². The average Bonchev–Trinajstić information content (AvgIpc) is 2.51. The molecule has 0 aromatic heterocycles. The standard InChI is InChI=1S/C15H23N3O2/c1-2-10-17(11-3-1)19-14-4-6-15(7-5-14)20-18-12-8-16-9-13-18/h4-7,16H,1-3,8-13H2. The fourth-order valence-electron chi connectivity index (χ4n) is 2.55. The van der Waals surface area contributed by atoms with Gasteiger partial charge in [0.05, 0.1) is 0 Å². The van der Waals surface area contributed by atoms with Gasteiger partial charge in [0.1, 0.15) is 11.5 Å². The normalized spacial score (nSPS) is 21.6. The van der Waals surface area contributed by atoms with Crippen molar-refractivity contribution >= 4 is 0 Å². The number of hydroxylamine groups is 4. The minimum Gasteiger partial charge on any atom is -0.406 e. The smallest absolute Gasteiger partial charge is 0.147 e. The van der Waals surface area contributed by atoms with E-state index in [9.17, 15) is 0 Å². The Balaban J connectivity index is 1.51. The van der Waals surface area contributed by atoms with Crippen LogP contribution in [0.25, 0.3) is 0 Å². The molecule has 5 heteroatoms. The van der Waals surface area contributed by atoms with Crippen molar-refractivity contribution in [2.24, 2.45) is 0 Å². The molecular weight excluding hydrogens is 254 g/mol. The summed E-state index contributed by atoms with van der Waals surface area (Å²) in [5.74, 6) is 1.76. The van der Waals surface area contributed by atoms with Crippen molar-refractivity contribution in [1.82, 2.24) is 15.4 Å². The number of rotatable bonds is 4. The third-order valence-electron chi connectivity index (χ3n) is 3.68. The van der Waals surface area contributed by atoms with Crippen molar-refractivity contribution in [3.05, 3.63) is 24.3 Å². The predicted octanol–water partition coefficient (Wildman–Crippen LogP) is 1.67. The first kappa shape index (κ1) is 13.7. The summed E-state index contributed by atoms with van der Waals surface area (Å²) in [6.45, 7) is 5.86. The van der Waals surface area contributed by atoms with Crippen LogP contribution in [0.1, 0.15) is 19.3 Å². The van der Waals surface area contributed by atoms with E-state index in [1.807, 2.05) is 29.3 Å². The average molecular weight is 277 g/mol. The van der Waals surface area contributed by atoms with Gasteiger partial charge in [-0.05, 0) is 37.1 Å². The summed E-state index contributed by atoms with van der Waals surface area (Å²) in [7, 11) is 0. The molecule has 2 aliphatic heterocycles. The molecule has 5 nitrogen and oxygen atoms in total. The lowest BCUT2D eigenvalue weighted by Crippen LogP contribution is -2.45. The number of hydrogen-bond acceptors (Lipinski definition) is 5. The van der Waals surface area contributed by atoms with Gasteiger partial charge in [-0.15, -0.1) is 10.1 Å². The first-order chi connectivity index (χ1) is 9.90. The highest BCUT2D eigenvalue weighted by molar-refractivity contribution is 5.30. The zero-order chi connectivity index (χ0) is 13.6. The van der Waals surface area contributed by atoms with Gasteiger partial charge < -0.3 is 15.0 Å². The lowest BCUT2D eigenvalue weighted by molar-refractivity contribution is -0.0734. The summed E-state index contributed by atoms with van der Waals surface area (Å²) in [4.78, 5) is 11.7. The zero-order valence-electron chi connectivity index (χ0n) is 11.9. The molecule has 0 unspecified atom stereocenters. The molecule has 3 rings (SSSR count). The molecule has 2 fully saturated rings. The second kappa shape index (κ2) is 6.92. The topological polar surface area (TPSA) is 37.0 Å². The van der Waals surface area contributed by atoms with Crippen LogP contribution in [0.2, 0.25) is 0 Å². The molecule has 0 amide bonds. The Labute approximate surface area is 120 Å². The van der Waals surface area contributed by atoms with Gasteiger partial charge in [-0.2, -0.15) is 0 Å². The first-order valence-electron chi connectivity index (χ1n) is 7.57. The van der Waals surface area contributed by atoms with Crippen LogP contribution in [-0.2, 0) is 0 Å². The lowest BCUT2D eigenvalue weighted by Gasteiger charge is -2.27. The summed E-state index contributed by atoms with van der Waals surface area (Å²) in [6, 6.07) is 7.90. The summed E-state index contributed by atoms with van der Waals surface area (Å²) < 4.78 is 0. The molecule has 0 radical (unpaired) electrons. The molecule has 0 saturated carbocycles. The van der Waals surface area contributed by atoms with Gasteiger partial charge in [0.2, 0.25) is 0 Å². The Morgan fingerprint density at radius 2 is 1.20 bits per heavy atom. The molecular formula is C15H23N3O2. The molecule has 20 heavy (non-hydrogen) atoms. The van der Waals surface area contributed by atoms with Crippen molar-refractivity contribution < 1.29 is 9.68 Å². The Morgan fingerprint density at radius 1 is 0.700 bits per heavy atom. The fourth-order valence-corrected chi connectivity index (χ4v) is 2.55. The maximum absolute atomic E-state index is 5.85. The molecule has 1 N–H and O–H groups in total. The van der Waals surface area contributed by atoms with Crippen LogP contribution >= 0.6 is 0 Å². The van der Waals surface area contributed by atoms with E-state index in [4.69, 9.17) is 9.68 Å². The lowest BCUT2D eigenvalue weighted by atomic mass is 10.2. The van der Waals surface area contributed by atoms with E-state index in [0.29, 0.717) is 0 Å². The summed E-state index contributed by atoms with van der Waals surface area (Å²) >= 11 is 0. The second-order valence-corrected chi connectivity index (χ2v) is 5.32. The van der Waals surface area contributed by atoms with E-state index < -0.39 is 0 Å². The van der Waals surface area contributed by atoms with Crippen LogP contribution in [0.5, 0.6) is 11.5 Å². The molecule has 110 valence electrons. The molecule has 0 atom stereocenters. The molecule has 0 bridgehead atoms. The first-order valence-corrected chi connectivity index (χ1v) is 7.57. The Bertz CT molecular complexity index is 359. The second-order valence-electron chi connectivity index (χ2n) is 5.32. The number of piperidine rings is 1. The highest BCUT2D eigenvalue weighted by atomic mass is 16.7. The van der Waals surface area contributed by atoms with Crippen LogP contribution in [0, 0.1) is 0 Å². The molecule has 0 spiro atoms. The zero-order valence-corrected chi connectivity index (χ0v) is 11.9. The Morgan fingerprint density at radius 3 is 1.75 bits per heavy atom. The Hall–Kier alpha value is -1.30. The van der Waals surface area contributed by atoms with Crippen LogP contribution < -0.4 is 15.0 Å². The van der Waals surface area contributed by atoms with Crippen LogP contribution in [0.15, 0.2) is 24.3 Å². The third-order valence-corrected chi connectivity index (χ3v) is 3.68. The molecule has 2 aliphatic rings. The fraction of sp³-hybridized carbons (Fsp3) is 0.600. The summed E-state index contributed by atoms with van der Waals surface area (Å²) in [5.41, 5.74) is 0. The maximum Gasteiger partial charge on any atom is 0.147 e. The van der Waals surface area contributed by atoms with E-state index in [1.54, 1.807) is 0 Å². The van der Waals surface area contributed by atoms with Crippen molar-refractivity contribution in [2.45, 2.75) is 19.3 Å². The molecule has 1 aromatic carbocycles. The van der Waals surface area contributed by atoms with Crippen molar-refractivity contribution in [2.75, 3.05) is 39.3 Å². The monoisotopic (exact) mass is 277 g/mol. The minimum absolute atomic E-state index is 0.873. The highest BCUT2D eigenvalue weighted by Crippen LogP contribution is 2.20. The Kier molecular flexibility index (Phi) is 4.73. The largest absolute Gasteiger partial charge is 0.406 e. The number of benzene rings is 1. The van der Waals surface area contributed by atoms with Gasteiger partial charge in [-0.1, -0.05) is 6.42 Å². The van der Waals surface area contributed by atoms with Gasteiger partial charge in [-0.3, -0.25) is 0 Å². The van der Waals surface area contributed by atoms with Crippen LogP contribution in [0.4, 0.5) is 0 Å². The van der Waals surface area contributed by atoms with Crippen molar-refractivity contribution in [3.8, 4) is 11.5 Å². The molecule has 0 aliphatic carbocycles. The van der Waals surface area contributed by atoms with E-state index >= 15 is 0 Å². The van der Waals surface area contributed by atoms with Gasteiger partial charge in [0, 0.05) is 39.3 Å². The van der Waals surface area contributed by atoms with E-state index in [0.717, 1.165) is 50.8 Å².